The van der Waals surface area contributed by atoms with Crippen molar-refractivity contribution < 1.29 is 0 Å². The number of nitrogens with one attached hydrogen (secondary N) is 1. The molecule has 1 aromatic carbocycles. The largest absolute Gasteiger partial charge is 0.399 e. The summed E-state index contributed by atoms with van der Waals surface area (Å²) in [6.45, 7) is 0. The number of nitrogens with two attached hydrogens (primary N) is 1. The topological polar surface area (TPSA) is 49.9 Å². The Labute approximate surface area is 96.8 Å². The molecule has 3 heteroatoms. The van der Waals surface area contributed by atoms with Crippen LogP contribution >= 0.6 is 11.3 Å². The van der Waals surface area contributed by atoms with E-state index in [0.29, 0.717) is 5.36 Å². The Morgan fingerprint density at radius 1 is 1.00 bits per heavy atom. The van der Waals surface area contributed by atoms with E-state index in [0.717, 1.165) is 15.3 Å². The summed E-state index contributed by atoms with van der Waals surface area (Å²) in [5.41, 5.74) is 7.73. The first-order valence-corrected chi connectivity index (χ1v) is 5.82. The first-order chi connectivity index (χ1) is 7.72. The van der Waals surface area contributed by atoms with E-state index in [2.05, 4.69) is 6.07 Å². The smallest absolute Gasteiger partial charge is 0.0554 e. The number of rotatable bonds is 0. The van der Waals surface area contributed by atoms with E-state index in [1.807, 2.05) is 36.4 Å². The van der Waals surface area contributed by atoms with Crippen LogP contribution in [0, 0.1) is 5.41 Å². The average molecular weight is 226 g/mol. The molecule has 0 saturated heterocycles. The van der Waals surface area contributed by atoms with Crippen LogP contribution in [-0.2, 0) is 0 Å². The first-order valence-electron chi connectivity index (χ1n) is 5.00. The molecule has 0 fully saturated rings. The molecule has 2 aliphatic rings. The number of hydrogen-bond acceptors (Lipinski definition) is 3. The van der Waals surface area contributed by atoms with Crippen LogP contribution in [0.1, 0.15) is 0 Å². The van der Waals surface area contributed by atoms with Crippen LogP contribution in [0.15, 0.2) is 42.5 Å². The van der Waals surface area contributed by atoms with Gasteiger partial charge in [-0.15, -0.1) is 11.3 Å². The standard InChI is InChI=1S/C13H10N2S/c14-10-3-1-8-5-9-2-4-11(15)7-13(9)16-12(8)6-10/h1-7,14H,15H2. The maximum atomic E-state index is 7.61. The quantitative estimate of drug-likeness (QED) is 0.449. The number of anilines is 1. The third-order valence-electron chi connectivity index (χ3n) is 2.58. The predicted octanol–water partition coefficient (Wildman–Crippen LogP) is 3.07. The van der Waals surface area contributed by atoms with Gasteiger partial charge >= 0.3 is 0 Å². The number of nitrogen functional groups attached to an aromatic ring is 1. The molecule has 0 aromatic heterocycles. The molecule has 1 heterocycles. The highest BCUT2D eigenvalue weighted by Gasteiger charge is 2.04. The lowest BCUT2D eigenvalue weighted by Crippen LogP contribution is -1.96. The molecule has 16 heavy (non-hydrogen) atoms. The zero-order valence-corrected chi connectivity index (χ0v) is 9.34. The van der Waals surface area contributed by atoms with Crippen molar-refractivity contribution >= 4 is 27.1 Å². The fraction of sp³-hybridized carbons (Fsp3) is 0. The van der Waals surface area contributed by atoms with E-state index in [9.17, 15) is 0 Å². The third-order valence-corrected chi connectivity index (χ3v) is 3.73. The second kappa shape index (κ2) is 3.32. The van der Waals surface area contributed by atoms with Crippen molar-refractivity contribution in [1.29, 1.82) is 5.41 Å². The number of benzene rings is 2. The monoisotopic (exact) mass is 226 g/mol. The second-order valence-corrected chi connectivity index (χ2v) is 4.88. The molecular formula is C13H10N2S. The Hall–Kier alpha value is -1.87. The molecule has 0 unspecified atom stereocenters. The molecule has 0 bridgehead atoms. The van der Waals surface area contributed by atoms with Crippen molar-refractivity contribution in [2.75, 3.05) is 5.73 Å². The van der Waals surface area contributed by atoms with Crippen molar-refractivity contribution in [2.45, 2.75) is 0 Å². The average Bonchev–Trinajstić information content (AvgIpc) is 2.26. The summed E-state index contributed by atoms with van der Waals surface area (Å²) >= 11 is 1.68. The lowest BCUT2D eigenvalue weighted by Gasteiger charge is -2.06. The van der Waals surface area contributed by atoms with Gasteiger partial charge in [-0.25, -0.2) is 0 Å². The SMILES string of the molecule is N=c1ccc2cc3ccc(N)cc3sc-2c1. The van der Waals surface area contributed by atoms with Crippen LogP contribution in [0.5, 0.6) is 0 Å². The van der Waals surface area contributed by atoms with Gasteiger partial charge in [0.1, 0.15) is 0 Å². The molecule has 0 atom stereocenters. The molecule has 1 aromatic rings. The molecule has 3 N–H and O–H groups in total. The zero-order chi connectivity index (χ0) is 11.1. The van der Waals surface area contributed by atoms with E-state index in [1.54, 1.807) is 11.3 Å². The van der Waals surface area contributed by atoms with E-state index >= 15 is 0 Å². The minimum atomic E-state index is 0.548. The van der Waals surface area contributed by atoms with Gasteiger partial charge in [0.15, 0.2) is 0 Å². The molecular weight excluding hydrogens is 216 g/mol. The first kappa shape index (κ1) is 9.36. The van der Waals surface area contributed by atoms with Crippen LogP contribution in [0.3, 0.4) is 0 Å². The summed E-state index contributed by atoms with van der Waals surface area (Å²) in [7, 11) is 0. The molecule has 2 nitrogen and oxygen atoms in total. The van der Waals surface area contributed by atoms with Crippen molar-refractivity contribution in [1.82, 2.24) is 0 Å². The van der Waals surface area contributed by atoms with Gasteiger partial charge in [-0.05, 0) is 41.3 Å². The summed E-state index contributed by atoms with van der Waals surface area (Å²) in [4.78, 5) is 1.13. The molecule has 0 radical (unpaired) electrons. The second-order valence-electron chi connectivity index (χ2n) is 3.80. The highest BCUT2D eigenvalue weighted by atomic mass is 32.1. The highest BCUT2D eigenvalue weighted by molar-refractivity contribution is 7.21. The van der Waals surface area contributed by atoms with Crippen LogP contribution in [0.25, 0.3) is 20.5 Å². The Kier molecular flexibility index (Phi) is 1.94. The normalized spacial score (nSPS) is 11.0. The van der Waals surface area contributed by atoms with Gasteiger partial charge in [-0.1, -0.05) is 12.1 Å². The fourth-order valence-corrected chi connectivity index (χ4v) is 2.89. The van der Waals surface area contributed by atoms with Gasteiger partial charge in [0, 0.05) is 15.3 Å². The van der Waals surface area contributed by atoms with Crippen molar-refractivity contribution in [3.63, 3.8) is 0 Å². The molecule has 1 aliphatic carbocycles. The van der Waals surface area contributed by atoms with Gasteiger partial charge in [0.25, 0.3) is 0 Å². The maximum Gasteiger partial charge on any atom is 0.0554 e. The van der Waals surface area contributed by atoms with Crippen LogP contribution < -0.4 is 11.1 Å². The van der Waals surface area contributed by atoms with Gasteiger partial charge in [0.2, 0.25) is 0 Å². The summed E-state index contributed by atoms with van der Waals surface area (Å²) < 4.78 is 1.16. The zero-order valence-electron chi connectivity index (χ0n) is 8.53. The Morgan fingerprint density at radius 2 is 1.88 bits per heavy atom. The maximum absolute atomic E-state index is 7.61. The van der Waals surface area contributed by atoms with E-state index in [1.165, 1.54) is 10.9 Å². The van der Waals surface area contributed by atoms with Gasteiger partial charge < -0.3 is 11.1 Å². The molecule has 0 saturated carbocycles. The molecule has 0 amide bonds. The third kappa shape index (κ3) is 1.46. The van der Waals surface area contributed by atoms with Crippen LogP contribution in [0.4, 0.5) is 5.69 Å². The molecule has 3 rings (SSSR count). The lowest BCUT2D eigenvalue weighted by atomic mass is 10.1. The number of hydrogen-bond donors (Lipinski definition) is 2. The fourth-order valence-electron chi connectivity index (χ4n) is 1.79. The molecule has 0 spiro atoms. The van der Waals surface area contributed by atoms with Gasteiger partial charge in [-0.3, -0.25) is 0 Å². The van der Waals surface area contributed by atoms with Gasteiger partial charge in [0.05, 0.1) is 5.36 Å². The number of fused-ring (bicyclic) bond motifs is 2. The van der Waals surface area contributed by atoms with E-state index in [-0.39, 0.29) is 0 Å². The molecule has 78 valence electrons. The molecule has 1 aliphatic heterocycles. The lowest BCUT2D eigenvalue weighted by molar-refractivity contribution is 1.28. The van der Waals surface area contributed by atoms with Crippen molar-refractivity contribution in [3.8, 4) is 10.4 Å². The van der Waals surface area contributed by atoms with Crippen molar-refractivity contribution in [3.05, 3.63) is 47.8 Å². The van der Waals surface area contributed by atoms with Crippen molar-refractivity contribution in [2.24, 2.45) is 0 Å². The Bertz CT molecular complexity index is 700. The summed E-state index contributed by atoms with van der Waals surface area (Å²) in [5, 5.41) is 9.36. The Morgan fingerprint density at radius 3 is 2.75 bits per heavy atom. The summed E-state index contributed by atoms with van der Waals surface area (Å²) in [6.07, 6.45) is 0. The minimum absolute atomic E-state index is 0.548. The van der Waals surface area contributed by atoms with E-state index in [4.69, 9.17) is 11.1 Å². The van der Waals surface area contributed by atoms with Gasteiger partial charge in [-0.2, -0.15) is 0 Å². The predicted molar refractivity (Wildman–Crippen MR) is 68.7 cm³/mol. The minimum Gasteiger partial charge on any atom is -0.399 e. The van der Waals surface area contributed by atoms with Crippen LogP contribution in [-0.4, -0.2) is 0 Å². The summed E-state index contributed by atoms with van der Waals surface area (Å²) in [5.74, 6) is 0. The summed E-state index contributed by atoms with van der Waals surface area (Å²) in [6, 6.07) is 13.8. The Balaban J connectivity index is 2.46. The highest BCUT2D eigenvalue weighted by Crippen LogP contribution is 2.32. The van der Waals surface area contributed by atoms with Crippen LogP contribution in [0.2, 0.25) is 0 Å². The van der Waals surface area contributed by atoms with E-state index < -0.39 is 0 Å².